The van der Waals surface area contributed by atoms with Crippen molar-refractivity contribution in [2.75, 3.05) is 53.2 Å². The van der Waals surface area contributed by atoms with E-state index in [1.54, 1.807) is 7.11 Å². The molecule has 1 aromatic carbocycles. The minimum Gasteiger partial charge on any atom is -0.493 e. The molecular weight excluding hydrogens is 509 g/mol. The van der Waals surface area contributed by atoms with Gasteiger partial charge in [0.15, 0.2) is 17.5 Å². The highest BCUT2D eigenvalue weighted by atomic mass is 127. The molecule has 0 aromatic heterocycles. The minimum atomic E-state index is 0. The van der Waals surface area contributed by atoms with Gasteiger partial charge in [-0.3, -0.25) is 4.99 Å². The minimum absolute atomic E-state index is 0. The number of hydrogen-bond acceptors (Lipinski definition) is 5. The summed E-state index contributed by atoms with van der Waals surface area (Å²) < 4.78 is 22.3. The van der Waals surface area contributed by atoms with E-state index in [-0.39, 0.29) is 24.0 Å². The zero-order valence-corrected chi connectivity index (χ0v) is 21.6. The topological polar surface area (TPSA) is 73.3 Å². The summed E-state index contributed by atoms with van der Waals surface area (Å²) in [7, 11) is 1.66. The van der Waals surface area contributed by atoms with E-state index in [1.165, 1.54) is 5.56 Å². The first-order valence-corrected chi connectivity index (χ1v) is 11.3. The lowest BCUT2D eigenvalue weighted by atomic mass is 10.1. The summed E-state index contributed by atoms with van der Waals surface area (Å²) in [4.78, 5) is 4.68. The Balaban J connectivity index is 0.00000480. The van der Waals surface area contributed by atoms with E-state index in [9.17, 15) is 0 Å². The fraction of sp³-hybridized carbons (Fsp3) is 0.696. The van der Waals surface area contributed by atoms with E-state index in [0.717, 1.165) is 82.4 Å². The molecular formula is C23H40IN3O4. The van der Waals surface area contributed by atoms with Gasteiger partial charge in [-0.05, 0) is 63.6 Å². The lowest BCUT2D eigenvalue weighted by Crippen LogP contribution is -2.38. The van der Waals surface area contributed by atoms with Crippen molar-refractivity contribution in [3.63, 3.8) is 0 Å². The molecule has 1 unspecified atom stereocenters. The van der Waals surface area contributed by atoms with Gasteiger partial charge in [-0.25, -0.2) is 0 Å². The SMILES string of the molecule is CCNC(=NCCCc1ccc(OC)c(OCC)c1)NCCCOCC1CCCO1.I. The quantitative estimate of drug-likeness (QED) is 0.159. The summed E-state index contributed by atoms with van der Waals surface area (Å²) in [5.41, 5.74) is 1.23. The van der Waals surface area contributed by atoms with Crippen LogP contribution >= 0.6 is 24.0 Å². The highest BCUT2D eigenvalue weighted by Gasteiger charge is 2.14. The molecule has 0 aliphatic carbocycles. The number of halogens is 1. The molecule has 0 saturated carbocycles. The van der Waals surface area contributed by atoms with Gasteiger partial charge >= 0.3 is 0 Å². The van der Waals surface area contributed by atoms with Crippen molar-refractivity contribution in [3.05, 3.63) is 23.8 Å². The monoisotopic (exact) mass is 549 g/mol. The molecule has 1 aromatic rings. The van der Waals surface area contributed by atoms with Gasteiger partial charge in [0.1, 0.15) is 0 Å². The van der Waals surface area contributed by atoms with Crippen LogP contribution in [0.5, 0.6) is 11.5 Å². The molecule has 1 atom stereocenters. The van der Waals surface area contributed by atoms with Gasteiger partial charge in [0, 0.05) is 32.8 Å². The number of hydrogen-bond donors (Lipinski definition) is 2. The Kier molecular flexibility index (Phi) is 15.5. The molecule has 1 heterocycles. The predicted molar refractivity (Wildman–Crippen MR) is 136 cm³/mol. The molecule has 8 heteroatoms. The van der Waals surface area contributed by atoms with E-state index < -0.39 is 0 Å². The van der Waals surface area contributed by atoms with E-state index in [1.807, 2.05) is 13.0 Å². The van der Waals surface area contributed by atoms with E-state index in [0.29, 0.717) is 19.3 Å². The Morgan fingerprint density at radius 1 is 1.19 bits per heavy atom. The van der Waals surface area contributed by atoms with E-state index >= 15 is 0 Å². The highest BCUT2D eigenvalue weighted by molar-refractivity contribution is 14.0. The van der Waals surface area contributed by atoms with Crippen LogP contribution in [0.3, 0.4) is 0 Å². The molecule has 0 radical (unpaired) electrons. The van der Waals surface area contributed by atoms with Gasteiger partial charge in [-0.1, -0.05) is 6.07 Å². The van der Waals surface area contributed by atoms with Crippen molar-refractivity contribution >= 4 is 29.9 Å². The van der Waals surface area contributed by atoms with Gasteiger partial charge in [0.05, 0.1) is 26.4 Å². The molecule has 0 bridgehead atoms. The average Bonchev–Trinajstić information content (AvgIpc) is 3.27. The molecule has 1 saturated heterocycles. The van der Waals surface area contributed by atoms with Gasteiger partial charge < -0.3 is 29.6 Å². The number of benzene rings is 1. The summed E-state index contributed by atoms with van der Waals surface area (Å²) in [6, 6.07) is 6.12. The molecule has 2 rings (SSSR count). The van der Waals surface area contributed by atoms with Crippen LogP contribution < -0.4 is 20.1 Å². The maximum atomic E-state index is 5.71. The zero-order valence-electron chi connectivity index (χ0n) is 19.3. The van der Waals surface area contributed by atoms with Crippen LogP contribution in [0, 0.1) is 0 Å². The average molecular weight is 549 g/mol. The second kappa shape index (κ2) is 17.3. The predicted octanol–water partition coefficient (Wildman–Crippen LogP) is 3.79. The van der Waals surface area contributed by atoms with Gasteiger partial charge in [-0.15, -0.1) is 24.0 Å². The number of aryl methyl sites for hydroxylation is 1. The molecule has 2 N–H and O–H groups in total. The van der Waals surface area contributed by atoms with Crippen molar-refractivity contribution < 1.29 is 18.9 Å². The molecule has 1 fully saturated rings. The van der Waals surface area contributed by atoms with Crippen LogP contribution in [-0.4, -0.2) is 65.2 Å². The molecule has 7 nitrogen and oxygen atoms in total. The molecule has 0 amide bonds. The summed E-state index contributed by atoms with van der Waals surface area (Å²) in [6.07, 6.45) is 5.45. The Hall–Kier alpha value is -1.26. The molecule has 1 aliphatic heterocycles. The standard InChI is InChI=1S/C23H39N3O4.HI/c1-4-24-23(26-14-8-15-28-18-20-10-7-16-30-20)25-13-6-9-19-11-12-21(27-3)22(17-19)29-5-2;/h11-12,17,20H,4-10,13-16,18H2,1-3H3,(H2,24,25,26);1H. The lowest BCUT2D eigenvalue weighted by Gasteiger charge is -2.13. The number of ether oxygens (including phenoxy) is 4. The van der Waals surface area contributed by atoms with Crippen LogP contribution in [0.1, 0.15) is 45.1 Å². The lowest BCUT2D eigenvalue weighted by molar-refractivity contribution is 0.0168. The number of methoxy groups -OCH3 is 1. The number of rotatable bonds is 14. The van der Waals surface area contributed by atoms with Crippen LogP contribution in [-0.2, 0) is 15.9 Å². The summed E-state index contributed by atoms with van der Waals surface area (Å²) >= 11 is 0. The van der Waals surface area contributed by atoms with Crippen molar-refractivity contribution in [1.82, 2.24) is 10.6 Å². The number of aliphatic imine (C=N–C) groups is 1. The summed E-state index contributed by atoms with van der Waals surface area (Å²) in [6.45, 7) is 9.47. The third-order valence-corrected chi connectivity index (χ3v) is 4.85. The first kappa shape index (κ1) is 27.8. The number of guanidine groups is 1. The van der Waals surface area contributed by atoms with Crippen molar-refractivity contribution in [1.29, 1.82) is 0 Å². The molecule has 31 heavy (non-hydrogen) atoms. The van der Waals surface area contributed by atoms with E-state index in [4.69, 9.17) is 18.9 Å². The van der Waals surface area contributed by atoms with Gasteiger partial charge in [-0.2, -0.15) is 0 Å². The Labute approximate surface area is 204 Å². The second-order valence-electron chi connectivity index (χ2n) is 7.27. The maximum absolute atomic E-state index is 5.71. The molecule has 178 valence electrons. The van der Waals surface area contributed by atoms with Crippen molar-refractivity contribution in [3.8, 4) is 11.5 Å². The highest BCUT2D eigenvalue weighted by Crippen LogP contribution is 2.28. The fourth-order valence-corrected chi connectivity index (χ4v) is 3.33. The number of nitrogens with zero attached hydrogens (tertiary/aromatic N) is 1. The maximum Gasteiger partial charge on any atom is 0.191 e. The Morgan fingerprint density at radius 2 is 2.06 bits per heavy atom. The van der Waals surface area contributed by atoms with Crippen LogP contribution in [0.4, 0.5) is 0 Å². The third-order valence-electron chi connectivity index (χ3n) is 4.85. The first-order chi connectivity index (χ1) is 14.8. The van der Waals surface area contributed by atoms with Crippen LogP contribution in [0.2, 0.25) is 0 Å². The summed E-state index contributed by atoms with van der Waals surface area (Å²) in [5.74, 6) is 2.44. The van der Waals surface area contributed by atoms with Crippen molar-refractivity contribution in [2.24, 2.45) is 4.99 Å². The smallest absolute Gasteiger partial charge is 0.191 e. The fourth-order valence-electron chi connectivity index (χ4n) is 3.33. The molecule has 0 spiro atoms. The Morgan fingerprint density at radius 3 is 2.77 bits per heavy atom. The second-order valence-corrected chi connectivity index (χ2v) is 7.27. The van der Waals surface area contributed by atoms with Gasteiger partial charge in [0.2, 0.25) is 0 Å². The van der Waals surface area contributed by atoms with E-state index in [2.05, 4.69) is 34.7 Å². The first-order valence-electron chi connectivity index (χ1n) is 11.3. The zero-order chi connectivity index (χ0) is 21.4. The Bertz CT molecular complexity index is 625. The largest absolute Gasteiger partial charge is 0.493 e. The molecule has 1 aliphatic rings. The van der Waals surface area contributed by atoms with Crippen molar-refractivity contribution in [2.45, 2.75) is 52.1 Å². The summed E-state index contributed by atoms with van der Waals surface area (Å²) in [5, 5.41) is 6.68. The third kappa shape index (κ3) is 11.2. The van der Waals surface area contributed by atoms with Gasteiger partial charge in [0.25, 0.3) is 0 Å². The van der Waals surface area contributed by atoms with Crippen LogP contribution in [0.25, 0.3) is 0 Å². The normalized spacial score (nSPS) is 16.0. The number of nitrogens with one attached hydrogen (secondary N) is 2. The van der Waals surface area contributed by atoms with Crippen LogP contribution in [0.15, 0.2) is 23.2 Å².